The van der Waals surface area contributed by atoms with Gasteiger partial charge in [-0.1, -0.05) is 11.6 Å². The quantitative estimate of drug-likeness (QED) is 0.491. The van der Waals surface area contributed by atoms with Crippen molar-refractivity contribution < 1.29 is 22.6 Å². The number of hydrogen-bond donors (Lipinski definition) is 1. The number of likely N-dealkylation sites (tertiary alicyclic amines) is 1. The molecule has 0 radical (unpaired) electrons. The van der Waals surface area contributed by atoms with E-state index in [1.807, 2.05) is 19.1 Å². The monoisotopic (exact) mass is 536 g/mol. The lowest BCUT2D eigenvalue weighted by Gasteiger charge is -2.39. The predicted molar refractivity (Wildman–Crippen MR) is 133 cm³/mol. The fourth-order valence-corrected chi connectivity index (χ4v) is 5.83. The molecule has 0 unspecified atom stereocenters. The van der Waals surface area contributed by atoms with Crippen molar-refractivity contribution in [2.45, 2.75) is 56.0 Å². The Kier molecular flexibility index (Phi) is 6.29. The van der Waals surface area contributed by atoms with E-state index >= 15 is 4.39 Å². The minimum absolute atomic E-state index is 0.0323. The lowest BCUT2D eigenvalue weighted by atomic mass is 9.84. The van der Waals surface area contributed by atoms with Crippen LogP contribution in [0.15, 0.2) is 24.5 Å². The van der Waals surface area contributed by atoms with E-state index in [-0.39, 0.29) is 35.6 Å². The normalized spacial score (nSPS) is 29.6. The van der Waals surface area contributed by atoms with Gasteiger partial charge in [-0.3, -0.25) is 4.90 Å². The summed E-state index contributed by atoms with van der Waals surface area (Å²) >= 11 is 6.28. The molecule has 4 heterocycles. The highest BCUT2D eigenvalue weighted by Gasteiger charge is 2.59. The Morgan fingerprint density at radius 3 is 2.78 bits per heavy atom. The van der Waals surface area contributed by atoms with Crippen LogP contribution in [0.1, 0.15) is 35.9 Å². The molecule has 2 aliphatic heterocycles. The summed E-state index contributed by atoms with van der Waals surface area (Å²) < 4.78 is 54.6. The molecule has 1 N–H and O–H groups in total. The van der Waals surface area contributed by atoms with Crippen LogP contribution in [0.4, 0.5) is 24.8 Å². The van der Waals surface area contributed by atoms with Crippen LogP contribution in [0.2, 0.25) is 5.15 Å². The molecule has 1 aliphatic carbocycles. The van der Waals surface area contributed by atoms with Gasteiger partial charge >= 0.3 is 0 Å². The molecule has 2 saturated heterocycles. The van der Waals surface area contributed by atoms with Crippen LogP contribution in [-0.4, -0.2) is 82.3 Å². The molecule has 6 rings (SSSR count). The molecule has 37 heavy (non-hydrogen) atoms. The minimum Gasteiger partial charge on any atom is -0.377 e. The second-order valence-corrected chi connectivity index (χ2v) is 10.5. The van der Waals surface area contributed by atoms with Crippen molar-refractivity contribution in [3.8, 4) is 0 Å². The van der Waals surface area contributed by atoms with Crippen molar-refractivity contribution in [1.29, 1.82) is 0 Å². The summed E-state index contributed by atoms with van der Waals surface area (Å²) in [5.74, 6) is -2.78. The number of benzene rings is 1. The number of aromatic nitrogens is 4. The van der Waals surface area contributed by atoms with Crippen LogP contribution in [0, 0.1) is 6.92 Å². The minimum atomic E-state index is -2.79. The molecule has 3 aromatic rings. The molecule has 198 valence electrons. The first-order valence-corrected chi connectivity index (χ1v) is 12.8. The second-order valence-electron chi connectivity index (χ2n) is 10.1. The standard InChI is InChI=1S/C25H28ClF3N6O2/c1-13-5-14-8-30-24(33-19-9-31-35(23(19)26)22-7-25(22,28)29)32-18(14)6-16(13)15-3-4-34(10-17(15)27)20-11-37-12-21(20)36-2/h5-6,8-9,15,17,20-22H,3-4,7,10-12H2,1-2H3,(H,30,32,33)/t15-,17+,20-,21+,22+/m1/s1. The number of hydrogen-bond acceptors (Lipinski definition) is 7. The molecule has 5 atom stereocenters. The zero-order valence-electron chi connectivity index (χ0n) is 20.5. The first-order valence-electron chi connectivity index (χ1n) is 12.4. The lowest BCUT2D eigenvalue weighted by molar-refractivity contribution is 0.0132. The van der Waals surface area contributed by atoms with Crippen LogP contribution in [0.25, 0.3) is 10.9 Å². The molecule has 2 aromatic heterocycles. The Morgan fingerprint density at radius 2 is 2.05 bits per heavy atom. The summed E-state index contributed by atoms with van der Waals surface area (Å²) in [6, 6.07) is 2.95. The van der Waals surface area contributed by atoms with Gasteiger partial charge in [0.2, 0.25) is 5.95 Å². The van der Waals surface area contributed by atoms with Gasteiger partial charge in [-0.15, -0.1) is 0 Å². The third-order valence-electron chi connectivity index (χ3n) is 7.78. The van der Waals surface area contributed by atoms with E-state index < -0.39 is 18.1 Å². The van der Waals surface area contributed by atoms with Gasteiger partial charge in [-0.2, -0.15) is 5.10 Å². The van der Waals surface area contributed by atoms with Gasteiger partial charge in [-0.05, 0) is 43.1 Å². The zero-order valence-corrected chi connectivity index (χ0v) is 21.3. The topological polar surface area (TPSA) is 77.3 Å². The van der Waals surface area contributed by atoms with Crippen LogP contribution < -0.4 is 5.32 Å². The van der Waals surface area contributed by atoms with Crippen molar-refractivity contribution in [3.05, 3.63) is 40.8 Å². The Hall–Kier alpha value is -2.47. The van der Waals surface area contributed by atoms with E-state index in [9.17, 15) is 8.78 Å². The number of piperidine rings is 1. The highest BCUT2D eigenvalue weighted by Crippen LogP contribution is 2.53. The highest BCUT2D eigenvalue weighted by molar-refractivity contribution is 6.32. The molecule has 1 saturated carbocycles. The first kappa shape index (κ1) is 24.8. The van der Waals surface area contributed by atoms with Crippen molar-refractivity contribution in [2.75, 3.05) is 38.7 Å². The summed E-state index contributed by atoms with van der Waals surface area (Å²) in [6.07, 6.45) is 2.39. The molecule has 3 fully saturated rings. The largest absolute Gasteiger partial charge is 0.377 e. The number of halogens is 4. The van der Waals surface area contributed by atoms with E-state index in [2.05, 4.69) is 25.3 Å². The number of rotatable bonds is 6. The molecule has 0 bridgehead atoms. The van der Waals surface area contributed by atoms with Gasteiger partial charge in [0, 0.05) is 37.6 Å². The van der Waals surface area contributed by atoms with Crippen molar-refractivity contribution >= 4 is 34.1 Å². The second kappa shape index (κ2) is 9.37. The maximum atomic E-state index is 15.5. The third kappa shape index (κ3) is 4.56. The average molecular weight is 537 g/mol. The Balaban J connectivity index is 1.21. The van der Waals surface area contributed by atoms with E-state index in [4.69, 9.17) is 21.1 Å². The first-order chi connectivity index (χ1) is 17.7. The number of anilines is 2. The van der Waals surface area contributed by atoms with Crippen LogP contribution in [-0.2, 0) is 9.47 Å². The summed E-state index contributed by atoms with van der Waals surface area (Å²) in [6.45, 7) is 4.17. The molecule has 0 amide bonds. The number of methoxy groups -OCH3 is 1. The number of alkyl halides is 3. The summed E-state index contributed by atoms with van der Waals surface area (Å²) in [7, 11) is 1.67. The van der Waals surface area contributed by atoms with E-state index in [1.165, 1.54) is 6.20 Å². The zero-order chi connectivity index (χ0) is 25.9. The van der Waals surface area contributed by atoms with Gasteiger partial charge < -0.3 is 14.8 Å². The predicted octanol–water partition coefficient (Wildman–Crippen LogP) is 4.65. The highest BCUT2D eigenvalue weighted by atomic mass is 35.5. The number of nitrogens with one attached hydrogen (secondary N) is 1. The number of nitrogens with zero attached hydrogens (tertiary/aromatic N) is 5. The van der Waals surface area contributed by atoms with E-state index in [0.717, 1.165) is 27.7 Å². The van der Waals surface area contributed by atoms with Crippen LogP contribution in [0.5, 0.6) is 0 Å². The van der Waals surface area contributed by atoms with Gasteiger partial charge in [0.15, 0.2) is 5.15 Å². The molecular formula is C25H28ClF3N6O2. The summed E-state index contributed by atoms with van der Waals surface area (Å²) in [5, 5.41) is 7.87. The van der Waals surface area contributed by atoms with Gasteiger partial charge in [0.05, 0.1) is 42.8 Å². The number of fused-ring (bicyclic) bond motifs is 1. The smallest absolute Gasteiger partial charge is 0.272 e. The summed E-state index contributed by atoms with van der Waals surface area (Å²) in [4.78, 5) is 11.1. The fraction of sp³-hybridized carbons (Fsp3) is 0.560. The average Bonchev–Trinajstić information content (AvgIpc) is 3.19. The fourth-order valence-electron chi connectivity index (χ4n) is 5.57. The molecule has 1 aromatic carbocycles. The maximum Gasteiger partial charge on any atom is 0.272 e. The number of aryl methyl sites for hydroxylation is 1. The summed E-state index contributed by atoms with van der Waals surface area (Å²) in [5.41, 5.74) is 2.93. The van der Waals surface area contributed by atoms with Gasteiger partial charge in [-0.25, -0.2) is 27.8 Å². The van der Waals surface area contributed by atoms with Crippen molar-refractivity contribution in [1.82, 2.24) is 24.6 Å². The molecule has 8 nitrogen and oxygen atoms in total. The maximum absolute atomic E-state index is 15.5. The Bertz CT molecular complexity index is 1320. The Labute approximate surface area is 217 Å². The molecule has 3 aliphatic rings. The van der Waals surface area contributed by atoms with E-state index in [0.29, 0.717) is 37.4 Å². The lowest BCUT2D eigenvalue weighted by Crippen LogP contribution is -2.51. The third-order valence-corrected chi connectivity index (χ3v) is 8.16. The molecular weight excluding hydrogens is 509 g/mol. The SMILES string of the molecule is CO[C@H]1COC[C@H]1N1CC[C@H](c2cc3nc(Nc4cnn([C@H]5CC5(F)F)c4Cl)ncc3cc2C)[C@@H](F)C1. The molecule has 12 heteroatoms. The van der Waals surface area contributed by atoms with Gasteiger partial charge in [0.25, 0.3) is 5.92 Å². The van der Waals surface area contributed by atoms with Crippen molar-refractivity contribution in [3.63, 3.8) is 0 Å². The van der Waals surface area contributed by atoms with Gasteiger partial charge in [0.1, 0.15) is 12.2 Å². The van der Waals surface area contributed by atoms with Crippen LogP contribution in [0.3, 0.4) is 0 Å². The Morgan fingerprint density at radius 1 is 1.24 bits per heavy atom. The van der Waals surface area contributed by atoms with E-state index in [1.54, 1.807) is 13.3 Å². The van der Waals surface area contributed by atoms with Crippen molar-refractivity contribution in [2.24, 2.45) is 0 Å². The number of ether oxygens (including phenoxy) is 2. The molecule has 0 spiro atoms. The van der Waals surface area contributed by atoms with Crippen LogP contribution >= 0.6 is 11.6 Å².